The maximum atomic E-state index is 13.5. The van der Waals surface area contributed by atoms with E-state index in [9.17, 15) is 13.6 Å². The van der Waals surface area contributed by atoms with Gasteiger partial charge in [0.2, 0.25) is 5.91 Å². The van der Waals surface area contributed by atoms with Gasteiger partial charge >= 0.3 is 0 Å². The second-order valence-corrected chi connectivity index (χ2v) is 4.45. The van der Waals surface area contributed by atoms with Gasteiger partial charge in [-0.1, -0.05) is 0 Å². The molecule has 1 amide bonds. The fraction of sp³-hybridized carbons (Fsp3) is 0.462. The van der Waals surface area contributed by atoms with Crippen LogP contribution in [0.2, 0.25) is 0 Å². The monoisotopic (exact) mass is 286 g/mol. The summed E-state index contributed by atoms with van der Waals surface area (Å²) in [6.07, 6.45) is 0.176. The van der Waals surface area contributed by atoms with Crippen LogP contribution in [0.25, 0.3) is 0 Å². The highest BCUT2D eigenvalue weighted by molar-refractivity contribution is 5.91. The summed E-state index contributed by atoms with van der Waals surface area (Å²) in [4.78, 5) is 11.8. The minimum absolute atomic E-state index is 0.0579. The van der Waals surface area contributed by atoms with Crippen molar-refractivity contribution in [2.75, 3.05) is 32.2 Å². The average Bonchev–Trinajstić information content (AvgIpc) is 2.39. The minimum Gasteiger partial charge on any atom is -0.491 e. The van der Waals surface area contributed by atoms with Gasteiger partial charge in [0.05, 0.1) is 20.3 Å². The zero-order valence-electron chi connectivity index (χ0n) is 11.0. The first-order chi connectivity index (χ1) is 9.60. The van der Waals surface area contributed by atoms with Crippen LogP contribution in [-0.4, -0.2) is 38.8 Å². The van der Waals surface area contributed by atoms with Crippen molar-refractivity contribution in [3.63, 3.8) is 0 Å². The summed E-state index contributed by atoms with van der Waals surface area (Å²) < 4.78 is 36.7. The number of ether oxygens (including phenoxy) is 2. The van der Waals surface area contributed by atoms with Crippen LogP contribution in [0.4, 0.5) is 14.5 Å². The summed E-state index contributed by atoms with van der Waals surface area (Å²) in [5.41, 5.74) is 0.0579. The van der Waals surface area contributed by atoms with Crippen molar-refractivity contribution in [3.05, 3.63) is 23.8 Å². The molecular formula is C13H16F2N2O3. The Labute approximate surface area is 115 Å². The number of methoxy groups -OCH3 is 1. The number of hydrogen-bond acceptors (Lipinski definition) is 4. The summed E-state index contributed by atoms with van der Waals surface area (Å²) in [6, 6.07) is 1.95. The Bertz CT molecular complexity index is 467. The summed E-state index contributed by atoms with van der Waals surface area (Å²) in [7, 11) is 1.18. The third-order valence-corrected chi connectivity index (χ3v) is 2.92. The van der Waals surface area contributed by atoms with Gasteiger partial charge in [0.1, 0.15) is 0 Å². The van der Waals surface area contributed by atoms with E-state index in [0.717, 1.165) is 12.1 Å². The maximum Gasteiger partial charge on any atom is 0.226 e. The zero-order valence-corrected chi connectivity index (χ0v) is 11.0. The van der Waals surface area contributed by atoms with Crippen molar-refractivity contribution >= 4 is 11.6 Å². The van der Waals surface area contributed by atoms with E-state index in [-0.39, 0.29) is 24.1 Å². The van der Waals surface area contributed by atoms with Crippen molar-refractivity contribution < 1.29 is 23.0 Å². The highest BCUT2D eigenvalue weighted by Crippen LogP contribution is 2.25. The van der Waals surface area contributed by atoms with E-state index in [4.69, 9.17) is 4.74 Å². The number of carbonyl (C=O) groups is 1. The van der Waals surface area contributed by atoms with Gasteiger partial charge in [-0.2, -0.15) is 0 Å². The topological polar surface area (TPSA) is 59.6 Å². The van der Waals surface area contributed by atoms with Crippen LogP contribution in [0.1, 0.15) is 6.42 Å². The molecule has 1 saturated heterocycles. The van der Waals surface area contributed by atoms with E-state index in [2.05, 4.69) is 15.4 Å². The number of amides is 1. The highest BCUT2D eigenvalue weighted by atomic mass is 19.1. The molecule has 0 spiro atoms. The number of rotatable bonds is 4. The zero-order chi connectivity index (χ0) is 14.5. The molecular weight excluding hydrogens is 270 g/mol. The first kappa shape index (κ1) is 14.7. The van der Waals surface area contributed by atoms with Crippen LogP contribution in [0.3, 0.4) is 0 Å². The van der Waals surface area contributed by atoms with E-state index in [1.807, 2.05) is 0 Å². The Morgan fingerprint density at radius 3 is 2.75 bits per heavy atom. The molecule has 1 atom stereocenters. The van der Waals surface area contributed by atoms with Gasteiger partial charge < -0.3 is 20.1 Å². The number of anilines is 1. The molecule has 0 aliphatic carbocycles. The molecule has 5 nitrogen and oxygen atoms in total. The Kier molecular flexibility index (Phi) is 4.86. The largest absolute Gasteiger partial charge is 0.491 e. The predicted molar refractivity (Wildman–Crippen MR) is 68.8 cm³/mol. The minimum atomic E-state index is -0.859. The van der Waals surface area contributed by atoms with Crippen molar-refractivity contribution in [2.45, 2.75) is 12.5 Å². The number of carbonyl (C=O) groups excluding carboxylic acids is 1. The SMILES string of the molecule is COc1c(F)cc(NC(=O)CC2COCCN2)cc1F. The average molecular weight is 286 g/mol. The molecule has 7 heteroatoms. The molecule has 0 aromatic heterocycles. The number of morpholine rings is 1. The van der Waals surface area contributed by atoms with Gasteiger partial charge in [-0.15, -0.1) is 0 Å². The van der Waals surface area contributed by atoms with Crippen molar-refractivity contribution in [1.82, 2.24) is 5.32 Å². The molecule has 2 N–H and O–H groups in total. The number of nitrogens with one attached hydrogen (secondary N) is 2. The second-order valence-electron chi connectivity index (χ2n) is 4.45. The number of benzene rings is 1. The van der Waals surface area contributed by atoms with Crippen molar-refractivity contribution in [1.29, 1.82) is 0 Å². The summed E-state index contributed by atoms with van der Waals surface area (Å²) in [5.74, 6) is -2.52. The summed E-state index contributed by atoms with van der Waals surface area (Å²) >= 11 is 0. The molecule has 20 heavy (non-hydrogen) atoms. The third kappa shape index (κ3) is 3.64. The Morgan fingerprint density at radius 1 is 1.50 bits per heavy atom. The maximum absolute atomic E-state index is 13.5. The lowest BCUT2D eigenvalue weighted by Gasteiger charge is -2.23. The molecule has 0 radical (unpaired) electrons. The molecule has 2 rings (SSSR count). The summed E-state index contributed by atoms with van der Waals surface area (Å²) in [5, 5.41) is 5.57. The van der Waals surface area contributed by atoms with E-state index in [0.29, 0.717) is 19.8 Å². The van der Waals surface area contributed by atoms with Crippen LogP contribution in [0.15, 0.2) is 12.1 Å². The fourth-order valence-corrected chi connectivity index (χ4v) is 2.01. The molecule has 1 fully saturated rings. The van der Waals surface area contributed by atoms with Crippen molar-refractivity contribution in [2.24, 2.45) is 0 Å². The van der Waals surface area contributed by atoms with Crippen LogP contribution in [0, 0.1) is 11.6 Å². The van der Waals surface area contributed by atoms with E-state index in [1.165, 1.54) is 7.11 Å². The molecule has 1 aromatic rings. The first-order valence-corrected chi connectivity index (χ1v) is 6.24. The standard InChI is InChI=1S/C13H16F2N2O3/c1-19-13-10(14)4-8(5-11(13)15)17-12(18)6-9-7-20-3-2-16-9/h4-5,9,16H,2-3,6-7H2,1H3,(H,17,18). The lowest BCUT2D eigenvalue weighted by Crippen LogP contribution is -2.43. The Hall–Kier alpha value is -1.73. The van der Waals surface area contributed by atoms with Gasteiger partial charge in [0.25, 0.3) is 0 Å². The lowest BCUT2D eigenvalue weighted by molar-refractivity contribution is -0.117. The molecule has 1 heterocycles. The highest BCUT2D eigenvalue weighted by Gasteiger charge is 2.18. The van der Waals surface area contributed by atoms with Crippen LogP contribution >= 0.6 is 0 Å². The fourth-order valence-electron chi connectivity index (χ4n) is 2.01. The molecule has 0 bridgehead atoms. The number of halogens is 2. The van der Waals surface area contributed by atoms with Gasteiger partial charge in [-0.05, 0) is 0 Å². The van der Waals surface area contributed by atoms with E-state index < -0.39 is 17.4 Å². The molecule has 1 aliphatic heterocycles. The summed E-state index contributed by atoms with van der Waals surface area (Å²) in [6.45, 7) is 1.75. The first-order valence-electron chi connectivity index (χ1n) is 6.24. The Morgan fingerprint density at radius 2 is 2.20 bits per heavy atom. The third-order valence-electron chi connectivity index (χ3n) is 2.92. The van der Waals surface area contributed by atoms with Crippen LogP contribution in [-0.2, 0) is 9.53 Å². The Balaban J connectivity index is 1.97. The molecule has 1 aliphatic rings. The number of hydrogen-bond donors (Lipinski definition) is 2. The van der Waals surface area contributed by atoms with E-state index in [1.54, 1.807) is 0 Å². The lowest BCUT2D eigenvalue weighted by atomic mass is 10.2. The smallest absolute Gasteiger partial charge is 0.226 e. The van der Waals surface area contributed by atoms with Crippen LogP contribution < -0.4 is 15.4 Å². The molecule has 110 valence electrons. The van der Waals surface area contributed by atoms with Gasteiger partial charge in [-0.3, -0.25) is 4.79 Å². The van der Waals surface area contributed by atoms with Crippen LogP contribution in [0.5, 0.6) is 5.75 Å². The molecule has 1 unspecified atom stereocenters. The predicted octanol–water partition coefficient (Wildman–Crippen LogP) is 1.29. The molecule has 1 aromatic carbocycles. The van der Waals surface area contributed by atoms with Gasteiger partial charge in [0, 0.05) is 36.8 Å². The second kappa shape index (κ2) is 6.62. The quantitative estimate of drug-likeness (QED) is 0.875. The van der Waals surface area contributed by atoms with Crippen molar-refractivity contribution in [3.8, 4) is 5.75 Å². The molecule has 0 saturated carbocycles. The van der Waals surface area contributed by atoms with Gasteiger partial charge in [0.15, 0.2) is 17.4 Å². The van der Waals surface area contributed by atoms with Gasteiger partial charge in [-0.25, -0.2) is 8.78 Å². The normalized spacial score (nSPS) is 18.6. The van der Waals surface area contributed by atoms with E-state index >= 15 is 0 Å².